The van der Waals surface area contributed by atoms with Crippen molar-refractivity contribution in [3.05, 3.63) is 5.01 Å². The molecule has 1 heterocycles. The van der Waals surface area contributed by atoms with Crippen molar-refractivity contribution in [1.29, 1.82) is 0 Å². The van der Waals surface area contributed by atoms with Crippen molar-refractivity contribution in [2.75, 3.05) is 5.32 Å². The smallest absolute Gasteiger partial charge is 0.306 e. The van der Waals surface area contributed by atoms with Gasteiger partial charge in [-0.2, -0.15) is 0 Å². The van der Waals surface area contributed by atoms with Crippen molar-refractivity contribution in [3.63, 3.8) is 0 Å². The molecule has 0 aliphatic heterocycles. The van der Waals surface area contributed by atoms with Crippen LogP contribution < -0.4 is 5.32 Å². The molecule has 2 atom stereocenters. The molecule has 98 valence electrons. The standard InChI is InChI=1S/C11H15N3O3S/c1-2-8-13-14-11(18-8)12-9(15)6-3-4-7(5-6)10(16)17/h6-7H,2-5H2,1H3,(H,16,17)(H,12,14,15)/t6-,7+/m1/s1. The Morgan fingerprint density at radius 3 is 2.67 bits per heavy atom. The summed E-state index contributed by atoms with van der Waals surface area (Å²) < 4.78 is 0. The number of aromatic nitrogens is 2. The van der Waals surface area contributed by atoms with Crippen LogP contribution in [0.2, 0.25) is 0 Å². The van der Waals surface area contributed by atoms with Crippen molar-refractivity contribution in [2.24, 2.45) is 11.8 Å². The van der Waals surface area contributed by atoms with Gasteiger partial charge in [0, 0.05) is 5.92 Å². The molecule has 1 aromatic rings. The van der Waals surface area contributed by atoms with Gasteiger partial charge in [0.15, 0.2) is 0 Å². The fourth-order valence-corrected chi connectivity index (χ4v) is 2.78. The van der Waals surface area contributed by atoms with Gasteiger partial charge in [-0.25, -0.2) is 0 Å². The first-order valence-electron chi connectivity index (χ1n) is 5.96. The summed E-state index contributed by atoms with van der Waals surface area (Å²) in [6.45, 7) is 1.97. The van der Waals surface area contributed by atoms with Crippen LogP contribution in [0.4, 0.5) is 5.13 Å². The van der Waals surface area contributed by atoms with Gasteiger partial charge in [-0.15, -0.1) is 10.2 Å². The fourth-order valence-electron chi connectivity index (χ4n) is 2.10. The summed E-state index contributed by atoms with van der Waals surface area (Å²) in [6, 6.07) is 0. The van der Waals surface area contributed by atoms with E-state index in [1.165, 1.54) is 11.3 Å². The Hall–Kier alpha value is -1.50. The first-order chi connectivity index (χ1) is 8.60. The molecule has 6 nitrogen and oxygen atoms in total. The summed E-state index contributed by atoms with van der Waals surface area (Å²) >= 11 is 1.36. The molecular formula is C11H15N3O3S. The summed E-state index contributed by atoms with van der Waals surface area (Å²) in [6.07, 6.45) is 2.41. The van der Waals surface area contributed by atoms with E-state index in [0.29, 0.717) is 24.4 Å². The molecule has 1 aromatic heterocycles. The number of carbonyl (C=O) groups is 2. The zero-order valence-corrected chi connectivity index (χ0v) is 10.9. The van der Waals surface area contributed by atoms with Gasteiger partial charge in [0.1, 0.15) is 5.01 Å². The van der Waals surface area contributed by atoms with E-state index in [2.05, 4.69) is 15.5 Å². The number of rotatable bonds is 4. The SMILES string of the molecule is CCc1nnc(NC(=O)[C@@H]2CC[C@H](C(=O)O)C2)s1. The zero-order chi connectivity index (χ0) is 13.1. The van der Waals surface area contributed by atoms with Crippen LogP contribution in [0.15, 0.2) is 0 Å². The van der Waals surface area contributed by atoms with Crippen molar-refractivity contribution >= 4 is 28.3 Å². The predicted molar refractivity (Wildman–Crippen MR) is 66.4 cm³/mol. The molecule has 7 heteroatoms. The Morgan fingerprint density at radius 2 is 2.11 bits per heavy atom. The summed E-state index contributed by atoms with van der Waals surface area (Å²) in [5.74, 6) is -1.56. The van der Waals surface area contributed by atoms with E-state index in [0.717, 1.165) is 11.4 Å². The van der Waals surface area contributed by atoms with Gasteiger partial charge >= 0.3 is 5.97 Å². The van der Waals surface area contributed by atoms with Crippen molar-refractivity contribution in [2.45, 2.75) is 32.6 Å². The molecule has 2 N–H and O–H groups in total. The van der Waals surface area contributed by atoms with Gasteiger partial charge in [0.2, 0.25) is 11.0 Å². The Morgan fingerprint density at radius 1 is 1.39 bits per heavy atom. The molecule has 1 saturated carbocycles. The Balaban J connectivity index is 1.91. The van der Waals surface area contributed by atoms with Gasteiger partial charge in [0.05, 0.1) is 5.92 Å². The first-order valence-corrected chi connectivity index (χ1v) is 6.77. The second-order valence-corrected chi connectivity index (χ2v) is 5.45. The van der Waals surface area contributed by atoms with E-state index in [1.807, 2.05) is 6.92 Å². The van der Waals surface area contributed by atoms with Crippen LogP contribution >= 0.6 is 11.3 Å². The van der Waals surface area contributed by atoms with Crippen molar-refractivity contribution < 1.29 is 14.7 Å². The molecule has 0 aromatic carbocycles. The lowest BCUT2D eigenvalue weighted by Gasteiger charge is -2.07. The number of anilines is 1. The highest BCUT2D eigenvalue weighted by Gasteiger charge is 2.34. The monoisotopic (exact) mass is 269 g/mol. The maximum atomic E-state index is 11.9. The lowest BCUT2D eigenvalue weighted by molar-refractivity contribution is -0.141. The normalized spacial score (nSPS) is 22.9. The maximum absolute atomic E-state index is 11.9. The number of carboxylic acid groups (broad SMARTS) is 1. The molecule has 1 amide bonds. The van der Waals surface area contributed by atoms with E-state index < -0.39 is 5.97 Å². The summed E-state index contributed by atoms with van der Waals surface area (Å²) in [5, 5.41) is 20.8. The van der Waals surface area contributed by atoms with Gasteiger partial charge in [-0.3, -0.25) is 9.59 Å². The third-order valence-electron chi connectivity index (χ3n) is 3.15. The molecule has 2 rings (SSSR count). The molecule has 18 heavy (non-hydrogen) atoms. The average Bonchev–Trinajstić information content (AvgIpc) is 2.97. The van der Waals surface area contributed by atoms with Crippen LogP contribution in [0, 0.1) is 11.8 Å². The van der Waals surface area contributed by atoms with Gasteiger partial charge in [-0.05, 0) is 25.7 Å². The predicted octanol–water partition coefficient (Wildman–Crippen LogP) is 1.54. The van der Waals surface area contributed by atoms with Gasteiger partial charge in [-0.1, -0.05) is 18.3 Å². The second kappa shape index (κ2) is 5.43. The summed E-state index contributed by atoms with van der Waals surface area (Å²) in [5.41, 5.74) is 0. The number of aliphatic carboxylic acids is 1. The molecule has 1 aliphatic rings. The number of amides is 1. The molecule has 0 unspecified atom stereocenters. The first kappa shape index (κ1) is 12.9. The highest BCUT2D eigenvalue weighted by Crippen LogP contribution is 2.32. The van der Waals surface area contributed by atoms with Gasteiger partial charge in [0.25, 0.3) is 0 Å². The third-order valence-corrected chi connectivity index (χ3v) is 4.14. The fraction of sp³-hybridized carbons (Fsp3) is 0.636. The summed E-state index contributed by atoms with van der Waals surface area (Å²) in [4.78, 5) is 22.7. The molecule has 1 aliphatic carbocycles. The van der Waals surface area contributed by atoms with E-state index >= 15 is 0 Å². The topological polar surface area (TPSA) is 92.2 Å². The lowest BCUT2D eigenvalue weighted by Crippen LogP contribution is -2.21. The summed E-state index contributed by atoms with van der Waals surface area (Å²) in [7, 11) is 0. The van der Waals surface area contributed by atoms with Crippen molar-refractivity contribution in [1.82, 2.24) is 10.2 Å². The third kappa shape index (κ3) is 2.84. The highest BCUT2D eigenvalue weighted by atomic mass is 32.1. The van der Waals surface area contributed by atoms with Crippen LogP contribution in [0.3, 0.4) is 0 Å². The molecule has 0 bridgehead atoms. The molecule has 1 fully saturated rings. The number of carbonyl (C=O) groups excluding carboxylic acids is 1. The second-order valence-electron chi connectivity index (χ2n) is 4.39. The minimum Gasteiger partial charge on any atom is -0.481 e. The van der Waals surface area contributed by atoms with E-state index in [4.69, 9.17) is 5.11 Å². The number of nitrogens with one attached hydrogen (secondary N) is 1. The van der Waals surface area contributed by atoms with Gasteiger partial charge < -0.3 is 10.4 Å². The number of hydrogen-bond donors (Lipinski definition) is 2. The Kier molecular flexibility index (Phi) is 3.90. The molecule has 0 spiro atoms. The molecule has 0 saturated heterocycles. The molecular weight excluding hydrogens is 254 g/mol. The number of carboxylic acids is 1. The van der Waals surface area contributed by atoms with Crippen LogP contribution in [0.25, 0.3) is 0 Å². The quantitative estimate of drug-likeness (QED) is 0.865. The van der Waals surface area contributed by atoms with Crippen LogP contribution in [-0.2, 0) is 16.0 Å². The van der Waals surface area contributed by atoms with E-state index in [9.17, 15) is 9.59 Å². The molecule has 0 radical (unpaired) electrons. The van der Waals surface area contributed by atoms with Crippen LogP contribution in [-0.4, -0.2) is 27.2 Å². The maximum Gasteiger partial charge on any atom is 0.306 e. The Labute approximate surface area is 108 Å². The highest BCUT2D eigenvalue weighted by molar-refractivity contribution is 7.15. The minimum atomic E-state index is -0.811. The lowest BCUT2D eigenvalue weighted by atomic mass is 10.0. The van der Waals surface area contributed by atoms with E-state index in [1.54, 1.807) is 0 Å². The van der Waals surface area contributed by atoms with E-state index in [-0.39, 0.29) is 17.7 Å². The van der Waals surface area contributed by atoms with Crippen LogP contribution in [0.5, 0.6) is 0 Å². The minimum absolute atomic E-state index is 0.141. The average molecular weight is 269 g/mol. The Bertz CT molecular complexity index is 460. The number of nitrogens with zero attached hydrogens (tertiary/aromatic N) is 2. The number of hydrogen-bond acceptors (Lipinski definition) is 5. The van der Waals surface area contributed by atoms with Crippen LogP contribution in [0.1, 0.15) is 31.2 Å². The number of aryl methyl sites for hydroxylation is 1. The zero-order valence-electron chi connectivity index (χ0n) is 10.0. The largest absolute Gasteiger partial charge is 0.481 e. The van der Waals surface area contributed by atoms with Crippen molar-refractivity contribution in [3.8, 4) is 0 Å².